The van der Waals surface area contributed by atoms with Crippen molar-refractivity contribution < 1.29 is 8.42 Å². The number of aromatic amines is 1. The van der Waals surface area contributed by atoms with Gasteiger partial charge < -0.3 is 10.3 Å². The van der Waals surface area contributed by atoms with Crippen LogP contribution in [0.5, 0.6) is 0 Å². The molecule has 0 aromatic carbocycles. The number of aromatic nitrogens is 2. The van der Waals surface area contributed by atoms with Gasteiger partial charge in [0.15, 0.2) is 5.03 Å². The maximum Gasteiger partial charge on any atom is 0.260 e. The summed E-state index contributed by atoms with van der Waals surface area (Å²) in [6.45, 7) is 7.04. The van der Waals surface area contributed by atoms with Crippen molar-refractivity contribution in [2.24, 2.45) is 5.92 Å². The van der Waals surface area contributed by atoms with E-state index in [1.54, 1.807) is 4.31 Å². The van der Waals surface area contributed by atoms with E-state index in [4.69, 9.17) is 0 Å². The Morgan fingerprint density at radius 1 is 1.43 bits per heavy atom. The summed E-state index contributed by atoms with van der Waals surface area (Å²) in [4.78, 5) is 7.04. The average molecular weight is 314 g/mol. The lowest BCUT2D eigenvalue weighted by Crippen LogP contribution is -2.41. The Balaban J connectivity index is 2.14. The van der Waals surface area contributed by atoms with Crippen molar-refractivity contribution in [2.75, 3.05) is 26.2 Å². The highest BCUT2D eigenvalue weighted by molar-refractivity contribution is 7.89. The third-order valence-corrected chi connectivity index (χ3v) is 5.67. The van der Waals surface area contributed by atoms with Crippen LogP contribution in [0.3, 0.4) is 0 Å². The van der Waals surface area contributed by atoms with E-state index in [0.717, 1.165) is 32.4 Å². The maximum absolute atomic E-state index is 12.8. The van der Waals surface area contributed by atoms with Gasteiger partial charge in [0.1, 0.15) is 5.82 Å². The molecule has 1 aliphatic heterocycles. The van der Waals surface area contributed by atoms with Crippen LogP contribution in [0.15, 0.2) is 11.2 Å². The lowest BCUT2D eigenvalue weighted by molar-refractivity contribution is 0.291. The van der Waals surface area contributed by atoms with Crippen molar-refractivity contribution in [1.82, 2.24) is 19.6 Å². The summed E-state index contributed by atoms with van der Waals surface area (Å²) in [5, 5.41) is 3.56. The summed E-state index contributed by atoms with van der Waals surface area (Å²) in [5.74, 6) is 1.11. The lowest BCUT2D eigenvalue weighted by atomic mass is 10.00. The van der Waals surface area contributed by atoms with Crippen LogP contribution in [0.2, 0.25) is 0 Å². The first-order valence-corrected chi connectivity index (χ1v) is 9.26. The predicted octanol–water partition coefficient (Wildman–Crippen LogP) is 1.37. The van der Waals surface area contributed by atoms with Gasteiger partial charge in [-0.3, -0.25) is 0 Å². The fourth-order valence-corrected chi connectivity index (χ4v) is 4.26. The van der Waals surface area contributed by atoms with Gasteiger partial charge >= 0.3 is 0 Å². The van der Waals surface area contributed by atoms with Crippen LogP contribution < -0.4 is 5.32 Å². The Labute approximate surface area is 127 Å². The van der Waals surface area contributed by atoms with Crippen molar-refractivity contribution in [3.63, 3.8) is 0 Å². The number of H-pyrrole nitrogens is 1. The van der Waals surface area contributed by atoms with E-state index in [9.17, 15) is 8.42 Å². The van der Waals surface area contributed by atoms with Gasteiger partial charge in [-0.25, -0.2) is 13.4 Å². The van der Waals surface area contributed by atoms with Crippen molar-refractivity contribution in [3.8, 4) is 0 Å². The Morgan fingerprint density at radius 2 is 2.24 bits per heavy atom. The van der Waals surface area contributed by atoms with Crippen LogP contribution in [-0.4, -0.2) is 48.9 Å². The van der Waals surface area contributed by atoms with E-state index in [0.29, 0.717) is 31.3 Å². The second-order valence-electron chi connectivity index (χ2n) is 5.62. The quantitative estimate of drug-likeness (QED) is 0.797. The Morgan fingerprint density at radius 3 is 2.81 bits per heavy atom. The second-order valence-corrected chi connectivity index (χ2v) is 7.53. The minimum Gasteiger partial charge on any atom is -0.332 e. The number of nitrogens with zero attached hydrogens (tertiary/aromatic N) is 2. The molecule has 120 valence electrons. The molecular formula is C14H26N4O2S. The Bertz CT molecular complexity index is 535. The first-order valence-electron chi connectivity index (χ1n) is 7.82. The molecule has 1 aromatic heterocycles. The van der Waals surface area contributed by atoms with E-state index < -0.39 is 10.0 Å². The van der Waals surface area contributed by atoms with E-state index in [1.807, 2.05) is 13.8 Å². The molecule has 1 fully saturated rings. The maximum atomic E-state index is 12.8. The van der Waals surface area contributed by atoms with Crippen LogP contribution >= 0.6 is 0 Å². The van der Waals surface area contributed by atoms with Crippen LogP contribution in [-0.2, 0) is 16.4 Å². The van der Waals surface area contributed by atoms with Gasteiger partial charge in [-0.15, -0.1) is 0 Å². The molecule has 2 heterocycles. The number of nitrogens with one attached hydrogen (secondary N) is 2. The molecule has 0 bridgehead atoms. The highest BCUT2D eigenvalue weighted by Gasteiger charge is 2.28. The Hall–Kier alpha value is -0.920. The first-order chi connectivity index (χ1) is 10.1. The third-order valence-electron chi connectivity index (χ3n) is 3.89. The van der Waals surface area contributed by atoms with E-state index in [1.165, 1.54) is 6.20 Å². The number of aryl methyl sites for hydroxylation is 1. The minimum absolute atomic E-state index is 0.219. The molecule has 2 N–H and O–H groups in total. The number of hydrogen-bond acceptors (Lipinski definition) is 4. The molecule has 1 atom stereocenters. The summed E-state index contributed by atoms with van der Waals surface area (Å²) >= 11 is 0. The number of imidazole rings is 1. The molecule has 1 aliphatic rings. The summed E-state index contributed by atoms with van der Waals surface area (Å²) < 4.78 is 27.1. The second kappa shape index (κ2) is 7.38. The molecule has 1 aromatic rings. The number of piperidine rings is 1. The molecule has 2 rings (SSSR count). The molecule has 6 nitrogen and oxygen atoms in total. The SMILES string of the molecule is CCCN(CC1CCCNC1)S(=O)(=O)c1cnc(CC)[nH]1. The monoisotopic (exact) mass is 314 g/mol. The fourth-order valence-electron chi connectivity index (χ4n) is 2.72. The fraction of sp³-hybridized carbons (Fsp3) is 0.786. The number of sulfonamides is 1. The normalized spacial score (nSPS) is 20.0. The molecule has 0 aliphatic carbocycles. The topological polar surface area (TPSA) is 78.1 Å². The smallest absolute Gasteiger partial charge is 0.260 e. The van der Waals surface area contributed by atoms with Crippen LogP contribution in [0.25, 0.3) is 0 Å². The minimum atomic E-state index is -3.46. The van der Waals surface area contributed by atoms with Gasteiger partial charge in [0.25, 0.3) is 10.0 Å². The largest absolute Gasteiger partial charge is 0.332 e. The molecule has 0 radical (unpaired) electrons. The van der Waals surface area contributed by atoms with Crippen molar-refractivity contribution in [1.29, 1.82) is 0 Å². The van der Waals surface area contributed by atoms with Gasteiger partial charge in [-0.1, -0.05) is 13.8 Å². The zero-order valence-electron chi connectivity index (χ0n) is 12.9. The Kier molecular flexibility index (Phi) is 5.78. The molecule has 0 amide bonds. The van der Waals surface area contributed by atoms with Gasteiger partial charge in [0.2, 0.25) is 0 Å². The summed E-state index contributed by atoms with van der Waals surface area (Å²) in [7, 11) is -3.46. The first kappa shape index (κ1) is 16.5. The summed E-state index contributed by atoms with van der Waals surface area (Å²) in [6.07, 6.45) is 5.17. The van der Waals surface area contributed by atoms with E-state index >= 15 is 0 Å². The zero-order valence-corrected chi connectivity index (χ0v) is 13.7. The molecule has 7 heteroatoms. The van der Waals surface area contributed by atoms with Crippen LogP contribution in [0.4, 0.5) is 0 Å². The van der Waals surface area contributed by atoms with E-state index in [-0.39, 0.29) is 5.03 Å². The van der Waals surface area contributed by atoms with Crippen molar-refractivity contribution in [2.45, 2.75) is 44.6 Å². The number of rotatable bonds is 7. The van der Waals surface area contributed by atoms with Gasteiger partial charge in [0.05, 0.1) is 6.20 Å². The molecule has 21 heavy (non-hydrogen) atoms. The highest BCUT2D eigenvalue weighted by Crippen LogP contribution is 2.19. The molecule has 0 saturated carbocycles. The van der Waals surface area contributed by atoms with Crippen LogP contribution in [0.1, 0.15) is 38.9 Å². The predicted molar refractivity (Wildman–Crippen MR) is 82.6 cm³/mol. The zero-order chi connectivity index (χ0) is 15.3. The van der Waals surface area contributed by atoms with Gasteiger partial charge in [-0.05, 0) is 38.3 Å². The van der Waals surface area contributed by atoms with Crippen LogP contribution in [0, 0.1) is 5.92 Å². The van der Waals surface area contributed by atoms with E-state index in [2.05, 4.69) is 15.3 Å². The molecular weight excluding hydrogens is 288 g/mol. The molecule has 0 spiro atoms. The van der Waals surface area contributed by atoms with Gasteiger partial charge in [-0.2, -0.15) is 4.31 Å². The number of hydrogen-bond donors (Lipinski definition) is 2. The molecule has 1 unspecified atom stereocenters. The van der Waals surface area contributed by atoms with Crippen molar-refractivity contribution >= 4 is 10.0 Å². The average Bonchev–Trinajstić information content (AvgIpc) is 2.97. The third kappa shape index (κ3) is 4.05. The summed E-state index contributed by atoms with van der Waals surface area (Å²) in [5.41, 5.74) is 0. The van der Waals surface area contributed by atoms with Crippen molar-refractivity contribution in [3.05, 3.63) is 12.0 Å². The molecule has 1 saturated heterocycles. The highest BCUT2D eigenvalue weighted by atomic mass is 32.2. The van der Waals surface area contributed by atoms with Gasteiger partial charge in [0, 0.05) is 19.5 Å². The lowest BCUT2D eigenvalue weighted by Gasteiger charge is -2.29. The summed E-state index contributed by atoms with van der Waals surface area (Å²) in [6, 6.07) is 0. The standard InChI is InChI=1S/C14H26N4O2S/c1-3-8-18(11-12-6-5-7-15-9-12)21(19,20)14-10-16-13(4-2)17-14/h10,12,15H,3-9,11H2,1-2H3,(H,16,17).